The number of benzene rings is 1. The minimum absolute atomic E-state index is 0.112. The highest BCUT2D eigenvalue weighted by molar-refractivity contribution is 5.94. The number of nitrogens with one attached hydrogen (secondary N) is 1. The van der Waals surface area contributed by atoms with Crippen molar-refractivity contribution in [3.05, 3.63) is 71.9 Å². The van der Waals surface area contributed by atoms with Crippen molar-refractivity contribution in [1.29, 1.82) is 0 Å². The van der Waals surface area contributed by atoms with Crippen LogP contribution in [0.4, 0.5) is 13.2 Å². The number of hydrogen-bond donors (Lipinski definition) is 1. The van der Waals surface area contributed by atoms with Crippen molar-refractivity contribution in [2.75, 3.05) is 6.61 Å². The molecule has 1 amide bonds. The van der Waals surface area contributed by atoms with Crippen molar-refractivity contribution in [2.45, 2.75) is 19.3 Å². The van der Waals surface area contributed by atoms with Gasteiger partial charge in [0, 0.05) is 43.8 Å². The highest BCUT2D eigenvalue weighted by atomic mass is 19.4. The maximum Gasteiger partial charge on any atom is 0.422 e. The number of carbonyl (C=O) groups excluding carboxylic acids is 1. The summed E-state index contributed by atoms with van der Waals surface area (Å²) in [6.45, 7) is -1.01. The smallest absolute Gasteiger partial charge is 0.422 e. The standard InChI is InChI=1S/C20H19F3N4O3/c1-27-9-8-24-17(27)12-29-16-4-2-15(3-5-16)19(28)26-11-14-6-7-25-18(10-14)30-13-20(21,22)23/h2-10H,11-13H2,1H3,(H,26,28). The minimum atomic E-state index is -4.45. The lowest BCUT2D eigenvalue weighted by atomic mass is 10.2. The Morgan fingerprint density at radius 1 is 1.10 bits per heavy atom. The van der Waals surface area contributed by atoms with E-state index in [0.29, 0.717) is 23.5 Å². The van der Waals surface area contributed by atoms with Crippen molar-refractivity contribution in [3.8, 4) is 11.6 Å². The molecule has 0 radical (unpaired) electrons. The maximum absolute atomic E-state index is 12.3. The monoisotopic (exact) mass is 420 g/mol. The topological polar surface area (TPSA) is 78.3 Å². The Morgan fingerprint density at radius 3 is 2.53 bits per heavy atom. The number of carbonyl (C=O) groups is 1. The molecule has 1 aromatic carbocycles. The zero-order valence-electron chi connectivity index (χ0n) is 16.0. The second-order valence-electron chi connectivity index (χ2n) is 6.36. The van der Waals surface area contributed by atoms with E-state index in [-0.39, 0.29) is 18.3 Å². The van der Waals surface area contributed by atoms with Gasteiger partial charge in [0.25, 0.3) is 5.91 Å². The van der Waals surface area contributed by atoms with Gasteiger partial charge in [0.15, 0.2) is 6.61 Å². The summed E-state index contributed by atoms with van der Waals surface area (Å²) in [6, 6.07) is 9.51. The molecule has 0 fully saturated rings. The van der Waals surface area contributed by atoms with Gasteiger partial charge in [0.05, 0.1) is 0 Å². The molecule has 10 heteroatoms. The fourth-order valence-corrected chi connectivity index (χ4v) is 2.47. The van der Waals surface area contributed by atoms with E-state index in [0.717, 1.165) is 5.82 Å². The number of nitrogens with zero attached hydrogens (tertiary/aromatic N) is 3. The third kappa shape index (κ3) is 6.23. The quantitative estimate of drug-likeness (QED) is 0.605. The number of halogens is 3. The largest absolute Gasteiger partial charge is 0.486 e. The van der Waals surface area contributed by atoms with Gasteiger partial charge in [-0.3, -0.25) is 4.79 Å². The summed E-state index contributed by atoms with van der Waals surface area (Å²) < 4.78 is 48.8. The van der Waals surface area contributed by atoms with E-state index in [4.69, 9.17) is 4.74 Å². The van der Waals surface area contributed by atoms with E-state index in [9.17, 15) is 18.0 Å². The highest BCUT2D eigenvalue weighted by Crippen LogP contribution is 2.18. The average molecular weight is 420 g/mol. The zero-order valence-corrected chi connectivity index (χ0v) is 16.0. The average Bonchev–Trinajstić information content (AvgIpc) is 3.14. The number of imidazole rings is 1. The van der Waals surface area contributed by atoms with Crippen LogP contribution in [0.2, 0.25) is 0 Å². The lowest BCUT2D eigenvalue weighted by molar-refractivity contribution is -0.154. The van der Waals surface area contributed by atoms with Crippen LogP contribution in [0.1, 0.15) is 21.7 Å². The summed E-state index contributed by atoms with van der Waals surface area (Å²) in [4.78, 5) is 20.2. The molecular formula is C20H19F3N4O3. The Morgan fingerprint density at radius 2 is 1.87 bits per heavy atom. The Labute approximate surface area is 170 Å². The number of amides is 1. The summed E-state index contributed by atoms with van der Waals surface area (Å²) in [6.07, 6.45) is 0.376. The van der Waals surface area contributed by atoms with Crippen molar-refractivity contribution in [2.24, 2.45) is 7.05 Å². The van der Waals surface area contributed by atoms with Crippen LogP contribution in [-0.2, 0) is 20.2 Å². The SMILES string of the molecule is Cn1ccnc1COc1ccc(C(=O)NCc2ccnc(OCC(F)(F)F)c2)cc1. The molecule has 2 heterocycles. The van der Waals surface area contributed by atoms with Gasteiger partial charge in [-0.1, -0.05) is 0 Å². The molecule has 0 bridgehead atoms. The van der Waals surface area contributed by atoms with Gasteiger partial charge in [-0.25, -0.2) is 9.97 Å². The fraction of sp³-hybridized carbons (Fsp3) is 0.250. The molecule has 1 N–H and O–H groups in total. The molecular weight excluding hydrogens is 401 g/mol. The molecule has 0 spiro atoms. The molecule has 0 aliphatic carbocycles. The zero-order chi connectivity index (χ0) is 21.6. The molecule has 0 aliphatic heterocycles. The summed E-state index contributed by atoms with van der Waals surface area (Å²) in [5.74, 6) is 0.872. The molecule has 0 saturated heterocycles. The second kappa shape index (κ2) is 9.29. The van der Waals surface area contributed by atoms with Gasteiger partial charge in [0.2, 0.25) is 5.88 Å². The Hall–Kier alpha value is -3.56. The summed E-state index contributed by atoms with van der Waals surface area (Å²) in [5.41, 5.74) is 0.979. The van der Waals surface area contributed by atoms with E-state index < -0.39 is 12.8 Å². The molecule has 7 nitrogen and oxygen atoms in total. The van der Waals surface area contributed by atoms with Crippen molar-refractivity contribution in [3.63, 3.8) is 0 Å². The van der Waals surface area contributed by atoms with Crippen LogP contribution in [0.5, 0.6) is 11.6 Å². The highest BCUT2D eigenvalue weighted by Gasteiger charge is 2.28. The van der Waals surface area contributed by atoms with E-state index in [1.54, 1.807) is 36.5 Å². The number of ether oxygens (including phenoxy) is 2. The number of aryl methyl sites for hydroxylation is 1. The van der Waals surface area contributed by atoms with Gasteiger partial charge < -0.3 is 19.4 Å². The lowest BCUT2D eigenvalue weighted by Crippen LogP contribution is -2.23. The number of aromatic nitrogens is 3. The van der Waals surface area contributed by atoms with Gasteiger partial charge in [-0.2, -0.15) is 13.2 Å². The number of rotatable bonds is 8. The molecule has 3 aromatic rings. The van der Waals surface area contributed by atoms with E-state index in [1.165, 1.54) is 12.3 Å². The Bertz CT molecular complexity index is 987. The Kier molecular flexibility index (Phi) is 6.55. The Balaban J connectivity index is 1.50. The second-order valence-corrected chi connectivity index (χ2v) is 6.36. The van der Waals surface area contributed by atoms with E-state index in [2.05, 4.69) is 20.0 Å². The molecule has 2 aromatic heterocycles. The maximum atomic E-state index is 12.3. The summed E-state index contributed by atoms with van der Waals surface area (Å²) >= 11 is 0. The first-order valence-corrected chi connectivity index (χ1v) is 8.92. The fourth-order valence-electron chi connectivity index (χ4n) is 2.47. The molecule has 0 aliphatic rings. The third-order valence-electron chi connectivity index (χ3n) is 4.04. The molecule has 0 unspecified atom stereocenters. The predicted octanol–water partition coefficient (Wildman–Crippen LogP) is 3.27. The van der Waals surface area contributed by atoms with Crippen LogP contribution in [0.25, 0.3) is 0 Å². The first kappa shape index (κ1) is 21.2. The molecule has 158 valence electrons. The lowest BCUT2D eigenvalue weighted by Gasteiger charge is -2.10. The van der Waals surface area contributed by atoms with E-state index in [1.807, 2.05) is 17.8 Å². The number of hydrogen-bond acceptors (Lipinski definition) is 5. The molecule has 0 saturated carbocycles. The normalized spacial score (nSPS) is 11.2. The van der Waals surface area contributed by atoms with Gasteiger partial charge >= 0.3 is 6.18 Å². The van der Waals surface area contributed by atoms with Crippen molar-refractivity contribution >= 4 is 5.91 Å². The molecule has 3 rings (SSSR count). The molecule has 30 heavy (non-hydrogen) atoms. The predicted molar refractivity (Wildman–Crippen MR) is 101 cm³/mol. The van der Waals surface area contributed by atoms with Crippen molar-refractivity contribution in [1.82, 2.24) is 19.9 Å². The summed E-state index contributed by atoms with van der Waals surface area (Å²) in [5, 5.41) is 2.70. The van der Waals surface area contributed by atoms with Gasteiger partial charge in [-0.05, 0) is 35.9 Å². The van der Waals surface area contributed by atoms with Crippen molar-refractivity contribution < 1.29 is 27.4 Å². The van der Waals surface area contributed by atoms with Crippen LogP contribution < -0.4 is 14.8 Å². The van der Waals surface area contributed by atoms with Crippen LogP contribution in [-0.4, -0.2) is 33.2 Å². The number of alkyl halides is 3. The van der Waals surface area contributed by atoms with Gasteiger partial charge in [-0.15, -0.1) is 0 Å². The minimum Gasteiger partial charge on any atom is -0.486 e. The van der Waals surface area contributed by atoms with Crippen LogP contribution in [0.3, 0.4) is 0 Å². The van der Waals surface area contributed by atoms with Crippen LogP contribution in [0.15, 0.2) is 55.0 Å². The van der Waals surface area contributed by atoms with Crippen LogP contribution in [0, 0.1) is 0 Å². The third-order valence-corrected chi connectivity index (χ3v) is 4.04. The first-order chi connectivity index (χ1) is 14.3. The van der Waals surface area contributed by atoms with Crippen LogP contribution >= 0.6 is 0 Å². The number of pyridine rings is 1. The molecule has 0 atom stereocenters. The first-order valence-electron chi connectivity index (χ1n) is 8.92. The summed E-state index contributed by atoms with van der Waals surface area (Å²) in [7, 11) is 1.87. The van der Waals surface area contributed by atoms with E-state index >= 15 is 0 Å². The van der Waals surface area contributed by atoms with Gasteiger partial charge in [0.1, 0.15) is 18.2 Å².